The lowest BCUT2D eigenvalue weighted by Crippen LogP contribution is -2.56. The Hall–Kier alpha value is -3.81. The predicted octanol–water partition coefficient (Wildman–Crippen LogP) is 5.67. The van der Waals surface area contributed by atoms with Crippen LogP contribution in [0.3, 0.4) is 0 Å². The molecular weight excluding hydrogens is 586 g/mol. The second-order valence-electron chi connectivity index (χ2n) is 11.9. The molecule has 3 aromatic rings. The first-order valence-corrected chi connectivity index (χ1v) is 15.4. The standard InChI is InChI=1S/C33H35ClF2N6O2/c1-20(35)32(43)42-12-11-41(18-24(42)16-37-2)31-28-14-29(34)27(26-10-6-8-21-7-4-5-9-25(21)26)15-30(28)38-33(39-31)44-19-23-13-22(36)17-40(23)3/h6,8,10,14-15,22-24H,1,4-5,7,9,11-13,16-19H2,3H3/t22-,23+,24+/m1/s1. The van der Waals surface area contributed by atoms with Crippen molar-refractivity contribution in [2.75, 3.05) is 51.3 Å². The third-order valence-electron chi connectivity index (χ3n) is 9.05. The number of halogens is 3. The van der Waals surface area contributed by atoms with E-state index >= 15 is 0 Å². The molecule has 230 valence electrons. The molecule has 11 heteroatoms. The van der Waals surface area contributed by atoms with Crippen molar-refractivity contribution < 1.29 is 18.3 Å². The van der Waals surface area contributed by atoms with Gasteiger partial charge in [-0.3, -0.25) is 9.69 Å². The molecule has 8 nitrogen and oxygen atoms in total. The molecule has 2 fully saturated rings. The molecule has 44 heavy (non-hydrogen) atoms. The van der Waals surface area contributed by atoms with Crippen molar-refractivity contribution in [2.24, 2.45) is 0 Å². The number of alkyl halides is 1. The highest BCUT2D eigenvalue weighted by molar-refractivity contribution is 6.34. The Kier molecular flexibility index (Phi) is 8.70. The molecule has 2 aromatic carbocycles. The van der Waals surface area contributed by atoms with Crippen molar-refractivity contribution >= 4 is 34.2 Å². The minimum atomic E-state index is -1.05. The Morgan fingerprint density at radius 3 is 2.73 bits per heavy atom. The molecule has 0 saturated carbocycles. The van der Waals surface area contributed by atoms with Crippen LogP contribution in [-0.4, -0.2) is 90.3 Å². The average molecular weight is 621 g/mol. The summed E-state index contributed by atoms with van der Waals surface area (Å²) >= 11 is 7.00. The number of nitrogens with zero attached hydrogens (tertiary/aromatic N) is 6. The molecule has 2 aliphatic heterocycles. The highest BCUT2D eigenvalue weighted by Crippen LogP contribution is 2.40. The predicted molar refractivity (Wildman–Crippen MR) is 167 cm³/mol. The van der Waals surface area contributed by atoms with Gasteiger partial charge < -0.3 is 19.4 Å². The number of hydrogen-bond acceptors (Lipinski definition) is 6. The average Bonchev–Trinajstić information content (AvgIpc) is 3.35. The van der Waals surface area contributed by atoms with Crippen molar-refractivity contribution in [3.63, 3.8) is 0 Å². The summed E-state index contributed by atoms with van der Waals surface area (Å²) in [6.45, 7) is 12.0. The van der Waals surface area contributed by atoms with E-state index in [1.54, 1.807) is 0 Å². The summed E-state index contributed by atoms with van der Waals surface area (Å²) in [6, 6.07) is 9.70. The van der Waals surface area contributed by atoms with Gasteiger partial charge in [0.15, 0.2) is 5.83 Å². The summed E-state index contributed by atoms with van der Waals surface area (Å²) in [5.74, 6) is -1.30. The maximum atomic E-state index is 14.0. The van der Waals surface area contributed by atoms with Crippen LogP contribution >= 0.6 is 11.6 Å². The van der Waals surface area contributed by atoms with E-state index in [9.17, 15) is 13.6 Å². The number of aromatic nitrogens is 2. The molecular formula is C33H35ClF2N6O2. The Labute approximate surface area is 261 Å². The molecule has 0 N–H and O–H groups in total. The van der Waals surface area contributed by atoms with Gasteiger partial charge in [-0.1, -0.05) is 36.4 Å². The minimum absolute atomic E-state index is 0.00429. The topological polar surface area (TPSA) is 66.2 Å². The number of rotatable bonds is 7. The summed E-state index contributed by atoms with van der Waals surface area (Å²) in [6.07, 6.45) is 3.82. The summed E-state index contributed by atoms with van der Waals surface area (Å²) in [4.78, 5) is 30.9. The monoisotopic (exact) mass is 620 g/mol. The van der Waals surface area contributed by atoms with Crippen LogP contribution in [0.4, 0.5) is 14.6 Å². The Bertz CT molecular complexity index is 1640. The number of aryl methyl sites for hydroxylation is 1. The lowest BCUT2D eigenvalue weighted by molar-refractivity contribution is -0.131. The van der Waals surface area contributed by atoms with Crippen molar-refractivity contribution in [1.29, 1.82) is 0 Å². The fourth-order valence-corrected chi connectivity index (χ4v) is 7.03. The number of likely N-dealkylation sites (tertiary alicyclic amines) is 1. The van der Waals surface area contributed by atoms with Crippen molar-refractivity contribution in [1.82, 2.24) is 19.8 Å². The van der Waals surface area contributed by atoms with Gasteiger partial charge in [0, 0.05) is 48.2 Å². The molecule has 6 rings (SSSR count). The van der Waals surface area contributed by atoms with Gasteiger partial charge >= 0.3 is 6.01 Å². The molecule has 3 heterocycles. The maximum Gasteiger partial charge on any atom is 0.319 e. The number of carbonyl (C=O) groups excluding carboxylic acids is 1. The van der Waals surface area contributed by atoms with Crippen LogP contribution in [0.15, 0.2) is 42.7 Å². The zero-order chi connectivity index (χ0) is 31.0. The van der Waals surface area contributed by atoms with Gasteiger partial charge in [0.25, 0.3) is 5.91 Å². The van der Waals surface area contributed by atoms with E-state index in [0.717, 1.165) is 30.4 Å². The van der Waals surface area contributed by atoms with Crippen LogP contribution < -0.4 is 9.64 Å². The van der Waals surface area contributed by atoms with Gasteiger partial charge in [0.1, 0.15) is 24.6 Å². The van der Waals surface area contributed by atoms with E-state index in [1.165, 1.54) is 22.4 Å². The summed E-state index contributed by atoms with van der Waals surface area (Å²) in [5.41, 5.74) is 5.27. The molecule has 2 saturated heterocycles. The lowest BCUT2D eigenvalue weighted by Gasteiger charge is -2.39. The van der Waals surface area contributed by atoms with Gasteiger partial charge in [-0.15, -0.1) is 0 Å². The molecule has 1 aromatic heterocycles. The second-order valence-corrected chi connectivity index (χ2v) is 12.3. The first kappa shape index (κ1) is 30.2. The Balaban J connectivity index is 1.41. The van der Waals surface area contributed by atoms with E-state index in [-0.39, 0.29) is 38.3 Å². The first-order valence-electron chi connectivity index (χ1n) is 15.1. The van der Waals surface area contributed by atoms with E-state index in [0.29, 0.717) is 41.3 Å². The third-order valence-corrected chi connectivity index (χ3v) is 9.36. The summed E-state index contributed by atoms with van der Waals surface area (Å²) in [7, 11) is 1.87. The second kappa shape index (κ2) is 12.7. The van der Waals surface area contributed by atoms with Gasteiger partial charge in [0.05, 0.1) is 5.52 Å². The summed E-state index contributed by atoms with van der Waals surface area (Å²) < 4.78 is 34.0. The molecule has 0 radical (unpaired) electrons. The maximum absolute atomic E-state index is 14.0. The number of likely N-dealkylation sites (N-methyl/N-ethyl adjacent to an activating group) is 1. The lowest BCUT2D eigenvalue weighted by atomic mass is 9.86. The fraction of sp³-hybridized carbons (Fsp3) is 0.455. The van der Waals surface area contributed by atoms with E-state index in [1.807, 2.05) is 29.0 Å². The minimum Gasteiger partial charge on any atom is -0.462 e. The van der Waals surface area contributed by atoms with Gasteiger partial charge in [-0.2, -0.15) is 9.97 Å². The van der Waals surface area contributed by atoms with Crippen LogP contribution in [0, 0.1) is 6.57 Å². The van der Waals surface area contributed by atoms with Crippen LogP contribution in [0.2, 0.25) is 5.02 Å². The summed E-state index contributed by atoms with van der Waals surface area (Å²) in [5, 5.41) is 1.27. The zero-order valence-corrected chi connectivity index (χ0v) is 25.5. The zero-order valence-electron chi connectivity index (χ0n) is 24.7. The number of fused-ring (bicyclic) bond motifs is 2. The fourth-order valence-electron chi connectivity index (χ4n) is 6.77. The van der Waals surface area contributed by atoms with Crippen LogP contribution in [0.5, 0.6) is 6.01 Å². The van der Waals surface area contributed by atoms with Crippen LogP contribution in [-0.2, 0) is 17.6 Å². The van der Waals surface area contributed by atoms with Gasteiger partial charge in [0.2, 0.25) is 6.54 Å². The Morgan fingerprint density at radius 2 is 1.98 bits per heavy atom. The van der Waals surface area contributed by atoms with E-state index in [4.69, 9.17) is 32.9 Å². The molecule has 1 amide bonds. The number of carbonyl (C=O) groups is 1. The third kappa shape index (κ3) is 5.95. The molecule has 3 atom stereocenters. The SMILES string of the molecule is [C-]#[N+]C[C@H]1CN(c2nc(OC[C@@H]3C[C@@H](F)CN3C)nc3cc(-c4cccc5c4CCCC5)c(Cl)cc23)CCN1C(=O)C(=C)F. The largest absolute Gasteiger partial charge is 0.462 e. The van der Waals surface area contributed by atoms with Crippen molar-refractivity contribution in [2.45, 2.75) is 50.4 Å². The highest BCUT2D eigenvalue weighted by atomic mass is 35.5. The van der Waals surface area contributed by atoms with Gasteiger partial charge in [-0.05, 0) is 68.0 Å². The number of benzene rings is 2. The number of ether oxygens (including phenoxy) is 1. The van der Waals surface area contributed by atoms with Gasteiger partial charge in [-0.25, -0.2) is 15.4 Å². The number of hydrogen-bond donors (Lipinski definition) is 0. The molecule has 0 bridgehead atoms. The molecule has 3 aliphatic rings. The van der Waals surface area contributed by atoms with Crippen LogP contribution in [0.25, 0.3) is 26.9 Å². The highest BCUT2D eigenvalue weighted by Gasteiger charge is 2.35. The van der Waals surface area contributed by atoms with E-state index < -0.39 is 23.9 Å². The first-order chi connectivity index (χ1) is 21.2. The normalized spacial score (nSPS) is 22.1. The Morgan fingerprint density at radius 1 is 1.16 bits per heavy atom. The molecule has 0 spiro atoms. The number of piperazine rings is 1. The van der Waals surface area contributed by atoms with Crippen molar-refractivity contribution in [3.8, 4) is 17.1 Å². The smallest absolute Gasteiger partial charge is 0.319 e. The van der Waals surface area contributed by atoms with Crippen LogP contribution in [0.1, 0.15) is 30.4 Å². The quantitative estimate of drug-likeness (QED) is 0.251. The molecule has 1 aliphatic carbocycles. The molecule has 0 unspecified atom stereocenters. The van der Waals surface area contributed by atoms with E-state index in [2.05, 4.69) is 29.6 Å². The number of amides is 1. The van der Waals surface area contributed by atoms with Crippen molar-refractivity contribution in [3.05, 3.63) is 70.3 Å². The number of anilines is 1.